The van der Waals surface area contributed by atoms with E-state index in [4.69, 9.17) is 0 Å². The van der Waals surface area contributed by atoms with Crippen LogP contribution in [-0.2, 0) is 20.0 Å². The molecule has 0 fully saturated rings. The fourth-order valence-corrected chi connectivity index (χ4v) is 3.24. The third-order valence-corrected chi connectivity index (χ3v) is 4.45. The number of aryl methyl sites for hydroxylation is 2. The first-order valence-corrected chi connectivity index (χ1v) is 7.24. The lowest BCUT2D eigenvalue weighted by Gasteiger charge is -2.06. The molecule has 0 unspecified atom stereocenters. The SMILES string of the molecule is Cn1cnc([N+](=O)[O-])c1Sc1nnc2n1CCCCC2. The zero-order valence-electron chi connectivity index (χ0n) is 11.0. The maximum Gasteiger partial charge on any atom is 0.396 e. The molecule has 0 aromatic carbocycles. The molecule has 8 nitrogen and oxygen atoms in total. The lowest BCUT2D eigenvalue weighted by Crippen LogP contribution is -2.03. The summed E-state index contributed by atoms with van der Waals surface area (Å²) >= 11 is 1.25. The largest absolute Gasteiger partial charge is 0.396 e. The molecule has 0 aliphatic carbocycles. The Morgan fingerprint density at radius 3 is 3.00 bits per heavy atom. The van der Waals surface area contributed by atoms with Crippen LogP contribution in [0.2, 0.25) is 0 Å². The van der Waals surface area contributed by atoms with Gasteiger partial charge in [-0.05, 0) is 34.5 Å². The minimum Gasteiger partial charge on any atom is -0.358 e. The van der Waals surface area contributed by atoms with Gasteiger partial charge in [-0.1, -0.05) is 6.42 Å². The Balaban J connectivity index is 1.94. The van der Waals surface area contributed by atoms with Crippen LogP contribution in [0.15, 0.2) is 16.5 Å². The predicted molar refractivity (Wildman–Crippen MR) is 71.6 cm³/mol. The summed E-state index contributed by atoms with van der Waals surface area (Å²) in [5, 5.41) is 20.5. The molecule has 3 heterocycles. The summed E-state index contributed by atoms with van der Waals surface area (Å²) < 4.78 is 3.70. The molecule has 2 aromatic rings. The van der Waals surface area contributed by atoms with Crippen molar-refractivity contribution in [1.82, 2.24) is 24.3 Å². The van der Waals surface area contributed by atoms with Gasteiger partial charge < -0.3 is 19.2 Å². The van der Waals surface area contributed by atoms with Gasteiger partial charge in [-0.2, -0.15) is 0 Å². The molecule has 0 atom stereocenters. The maximum absolute atomic E-state index is 11.0. The number of imidazole rings is 1. The molecule has 0 radical (unpaired) electrons. The predicted octanol–water partition coefficient (Wildman–Crippen LogP) is 1.80. The van der Waals surface area contributed by atoms with Gasteiger partial charge in [-0.3, -0.25) is 0 Å². The van der Waals surface area contributed by atoms with E-state index in [1.807, 2.05) is 0 Å². The average Bonchev–Trinajstić information content (AvgIpc) is 2.87. The molecular formula is C11H14N6O2S. The lowest BCUT2D eigenvalue weighted by atomic mass is 10.2. The first-order chi connectivity index (χ1) is 9.66. The minimum absolute atomic E-state index is 0.136. The third kappa shape index (κ3) is 2.28. The summed E-state index contributed by atoms with van der Waals surface area (Å²) in [6.07, 6.45) is 5.75. The van der Waals surface area contributed by atoms with Crippen LogP contribution in [0.25, 0.3) is 0 Å². The van der Waals surface area contributed by atoms with Crippen LogP contribution in [0.5, 0.6) is 0 Å². The Labute approximate surface area is 119 Å². The second kappa shape index (κ2) is 5.23. The molecule has 106 valence electrons. The summed E-state index contributed by atoms with van der Waals surface area (Å²) in [5.74, 6) is 0.832. The molecule has 0 saturated heterocycles. The first-order valence-electron chi connectivity index (χ1n) is 6.42. The summed E-state index contributed by atoms with van der Waals surface area (Å²) in [6, 6.07) is 0. The molecule has 20 heavy (non-hydrogen) atoms. The number of rotatable bonds is 3. The fraction of sp³-hybridized carbons (Fsp3) is 0.545. The maximum atomic E-state index is 11.0. The van der Waals surface area contributed by atoms with Gasteiger partial charge in [0.15, 0.2) is 10.2 Å². The van der Waals surface area contributed by atoms with Crippen molar-refractivity contribution in [2.24, 2.45) is 7.05 Å². The van der Waals surface area contributed by atoms with Crippen LogP contribution < -0.4 is 0 Å². The monoisotopic (exact) mass is 294 g/mol. The van der Waals surface area contributed by atoms with E-state index in [-0.39, 0.29) is 5.82 Å². The van der Waals surface area contributed by atoms with Crippen molar-refractivity contribution in [1.29, 1.82) is 0 Å². The van der Waals surface area contributed by atoms with E-state index in [0.717, 1.165) is 31.6 Å². The number of nitro groups is 1. The van der Waals surface area contributed by atoms with Crippen LogP contribution in [0.4, 0.5) is 5.82 Å². The van der Waals surface area contributed by atoms with E-state index in [1.54, 1.807) is 11.6 Å². The Hall–Kier alpha value is -1.90. The van der Waals surface area contributed by atoms with Crippen molar-refractivity contribution in [3.63, 3.8) is 0 Å². The van der Waals surface area contributed by atoms with Crippen molar-refractivity contribution >= 4 is 17.6 Å². The van der Waals surface area contributed by atoms with Crippen LogP contribution >= 0.6 is 11.8 Å². The van der Waals surface area contributed by atoms with Gasteiger partial charge >= 0.3 is 5.82 Å². The van der Waals surface area contributed by atoms with E-state index in [0.29, 0.717) is 10.2 Å². The van der Waals surface area contributed by atoms with E-state index in [9.17, 15) is 10.1 Å². The highest BCUT2D eigenvalue weighted by atomic mass is 32.2. The molecule has 3 rings (SSSR count). The number of nitrogens with zero attached hydrogens (tertiary/aromatic N) is 6. The summed E-state index contributed by atoms with van der Waals surface area (Å²) in [4.78, 5) is 14.3. The molecular weight excluding hydrogens is 280 g/mol. The molecule has 0 N–H and O–H groups in total. The molecule has 2 aromatic heterocycles. The van der Waals surface area contributed by atoms with E-state index in [2.05, 4.69) is 19.7 Å². The van der Waals surface area contributed by atoms with E-state index in [1.165, 1.54) is 24.5 Å². The molecule has 0 bridgehead atoms. The molecule has 1 aliphatic rings. The van der Waals surface area contributed by atoms with Crippen LogP contribution in [0.3, 0.4) is 0 Å². The number of fused-ring (bicyclic) bond motifs is 1. The zero-order chi connectivity index (χ0) is 14.1. The quantitative estimate of drug-likeness (QED) is 0.633. The van der Waals surface area contributed by atoms with Gasteiger partial charge in [0.2, 0.25) is 6.33 Å². The molecule has 0 saturated carbocycles. The number of hydrogen-bond donors (Lipinski definition) is 0. The van der Waals surface area contributed by atoms with Crippen molar-refractivity contribution in [2.45, 2.75) is 42.4 Å². The van der Waals surface area contributed by atoms with E-state index < -0.39 is 4.92 Å². The summed E-state index contributed by atoms with van der Waals surface area (Å²) in [7, 11) is 1.74. The zero-order valence-corrected chi connectivity index (χ0v) is 11.8. The van der Waals surface area contributed by atoms with Crippen LogP contribution in [0, 0.1) is 10.1 Å². The standard InChI is InChI=1S/C11H14N6O2S/c1-15-7-12-9(17(18)19)10(15)20-11-14-13-8-5-3-2-4-6-16(8)11/h7H,2-6H2,1H3. The highest BCUT2D eigenvalue weighted by Gasteiger charge is 2.24. The Bertz CT molecular complexity index is 649. The van der Waals surface area contributed by atoms with Gasteiger partial charge in [0.1, 0.15) is 5.82 Å². The normalized spacial score (nSPS) is 14.8. The van der Waals surface area contributed by atoms with Gasteiger partial charge in [0.25, 0.3) is 0 Å². The molecule has 0 amide bonds. The van der Waals surface area contributed by atoms with Crippen LogP contribution in [-0.4, -0.2) is 29.2 Å². The van der Waals surface area contributed by atoms with Crippen molar-refractivity contribution in [3.8, 4) is 0 Å². The highest BCUT2D eigenvalue weighted by Crippen LogP contribution is 2.33. The van der Waals surface area contributed by atoms with Crippen LogP contribution in [0.1, 0.15) is 25.1 Å². The van der Waals surface area contributed by atoms with Crippen molar-refractivity contribution in [3.05, 3.63) is 22.3 Å². The minimum atomic E-state index is -0.470. The summed E-state index contributed by atoms with van der Waals surface area (Å²) in [5.41, 5.74) is 0. The Morgan fingerprint density at radius 2 is 2.20 bits per heavy atom. The highest BCUT2D eigenvalue weighted by molar-refractivity contribution is 7.99. The summed E-state index contributed by atoms with van der Waals surface area (Å²) in [6.45, 7) is 0.871. The van der Waals surface area contributed by atoms with Gasteiger partial charge in [0, 0.05) is 20.0 Å². The second-order valence-corrected chi connectivity index (χ2v) is 5.66. The smallest absolute Gasteiger partial charge is 0.358 e. The Kier molecular flexibility index (Phi) is 3.43. The fourth-order valence-electron chi connectivity index (χ4n) is 2.27. The molecule has 0 spiro atoms. The Morgan fingerprint density at radius 1 is 1.35 bits per heavy atom. The van der Waals surface area contributed by atoms with Gasteiger partial charge in [-0.15, -0.1) is 10.2 Å². The van der Waals surface area contributed by atoms with Crippen molar-refractivity contribution in [2.75, 3.05) is 0 Å². The van der Waals surface area contributed by atoms with Gasteiger partial charge in [-0.25, -0.2) is 0 Å². The molecule has 1 aliphatic heterocycles. The third-order valence-electron chi connectivity index (χ3n) is 3.30. The first kappa shape index (κ1) is 13.1. The van der Waals surface area contributed by atoms with Crippen molar-refractivity contribution < 1.29 is 4.92 Å². The number of aromatic nitrogens is 5. The van der Waals surface area contributed by atoms with Gasteiger partial charge in [0.05, 0.1) is 0 Å². The topological polar surface area (TPSA) is 91.7 Å². The molecule has 9 heteroatoms. The van der Waals surface area contributed by atoms with E-state index >= 15 is 0 Å². The number of hydrogen-bond acceptors (Lipinski definition) is 6. The average molecular weight is 294 g/mol. The second-order valence-electron chi connectivity index (χ2n) is 4.70. The lowest BCUT2D eigenvalue weighted by molar-refractivity contribution is -0.392.